The van der Waals surface area contributed by atoms with E-state index in [0.29, 0.717) is 24.2 Å². The van der Waals surface area contributed by atoms with Crippen LogP contribution in [-0.4, -0.2) is 42.2 Å². The lowest BCUT2D eigenvalue weighted by Gasteiger charge is -2.26. The van der Waals surface area contributed by atoms with E-state index < -0.39 is 5.97 Å². The zero-order chi connectivity index (χ0) is 17.0. The Bertz CT molecular complexity index is 632. The number of hydrogen-bond donors (Lipinski definition) is 4. The van der Waals surface area contributed by atoms with Crippen LogP contribution in [0.2, 0.25) is 0 Å². The largest absolute Gasteiger partial charge is 0.462 e. The average molecular weight is 320 g/mol. The number of esters is 1. The first-order valence-corrected chi connectivity index (χ1v) is 7.33. The van der Waals surface area contributed by atoms with Crippen molar-refractivity contribution in [2.24, 2.45) is 5.73 Å². The Balaban J connectivity index is 2.43. The van der Waals surface area contributed by atoms with Crippen molar-refractivity contribution < 1.29 is 19.4 Å². The number of nitrogens with one attached hydrogen (secondary N) is 2. The Labute approximate surface area is 133 Å². The number of rotatable bonds is 5. The summed E-state index contributed by atoms with van der Waals surface area (Å²) in [4.78, 5) is 25.4. The van der Waals surface area contributed by atoms with Gasteiger partial charge in [-0.1, -0.05) is 0 Å². The van der Waals surface area contributed by atoms with E-state index in [1.807, 2.05) is 0 Å². The first-order valence-electron chi connectivity index (χ1n) is 7.33. The molecule has 1 aromatic rings. The van der Waals surface area contributed by atoms with E-state index in [9.17, 15) is 14.7 Å². The Morgan fingerprint density at radius 1 is 1.57 bits per heavy atom. The Morgan fingerprint density at radius 3 is 2.91 bits per heavy atom. The number of amides is 1. The second-order valence-electron chi connectivity index (χ2n) is 5.13. The van der Waals surface area contributed by atoms with Gasteiger partial charge >= 0.3 is 5.97 Å². The number of aliphatic hydroxyl groups is 1. The van der Waals surface area contributed by atoms with Gasteiger partial charge in [0, 0.05) is 6.42 Å². The SMILES string of the molecule is CCOC(=O)c1ccc(N2C(=O)CCC2CO)c(NC(=N)N)c1. The summed E-state index contributed by atoms with van der Waals surface area (Å²) in [5.41, 5.74) is 6.48. The smallest absolute Gasteiger partial charge is 0.338 e. The maximum absolute atomic E-state index is 12.1. The van der Waals surface area contributed by atoms with E-state index in [0.717, 1.165) is 0 Å². The summed E-state index contributed by atoms with van der Waals surface area (Å²) in [6.07, 6.45) is 0.888. The fraction of sp³-hybridized carbons (Fsp3) is 0.400. The molecule has 0 aliphatic carbocycles. The van der Waals surface area contributed by atoms with E-state index >= 15 is 0 Å². The number of guanidine groups is 1. The average Bonchev–Trinajstić information content (AvgIpc) is 2.87. The number of benzene rings is 1. The lowest BCUT2D eigenvalue weighted by Crippen LogP contribution is -2.36. The van der Waals surface area contributed by atoms with Crippen LogP contribution >= 0.6 is 0 Å². The molecule has 0 aromatic heterocycles. The van der Waals surface area contributed by atoms with Crippen molar-refractivity contribution in [2.45, 2.75) is 25.8 Å². The number of anilines is 2. The van der Waals surface area contributed by atoms with Crippen molar-refractivity contribution in [3.63, 3.8) is 0 Å². The van der Waals surface area contributed by atoms with Crippen molar-refractivity contribution in [3.05, 3.63) is 23.8 Å². The highest BCUT2D eigenvalue weighted by Crippen LogP contribution is 2.33. The first-order chi connectivity index (χ1) is 11.0. The van der Waals surface area contributed by atoms with Gasteiger partial charge in [0.25, 0.3) is 0 Å². The molecule has 124 valence electrons. The summed E-state index contributed by atoms with van der Waals surface area (Å²) < 4.78 is 4.94. The fourth-order valence-electron chi connectivity index (χ4n) is 2.58. The molecule has 5 N–H and O–H groups in total. The minimum Gasteiger partial charge on any atom is -0.462 e. The highest BCUT2D eigenvalue weighted by Gasteiger charge is 2.33. The number of nitrogens with zero attached hydrogens (tertiary/aromatic N) is 1. The van der Waals surface area contributed by atoms with Crippen molar-refractivity contribution >= 4 is 29.2 Å². The van der Waals surface area contributed by atoms with Crippen LogP contribution in [0.3, 0.4) is 0 Å². The molecule has 1 amide bonds. The van der Waals surface area contributed by atoms with Gasteiger partial charge in [-0.25, -0.2) is 4.79 Å². The second kappa shape index (κ2) is 7.10. The zero-order valence-electron chi connectivity index (χ0n) is 12.8. The molecule has 1 heterocycles. The van der Waals surface area contributed by atoms with Crippen molar-refractivity contribution in [2.75, 3.05) is 23.4 Å². The van der Waals surface area contributed by atoms with Crippen LogP contribution in [0.5, 0.6) is 0 Å². The van der Waals surface area contributed by atoms with E-state index in [4.69, 9.17) is 15.9 Å². The normalized spacial score (nSPS) is 17.2. The van der Waals surface area contributed by atoms with Crippen LogP contribution in [0.15, 0.2) is 18.2 Å². The number of nitrogens with two attached hydrogens (primary N) is 1. The number of carbonyl (C=O) groups excluding carboxylic acids is 2. The topological polar surface area (TPSA) is 129 Å². The molecule has 1 atom stereocenters. The molecule has 1 saturated heterocycles. The molecule has 0 spiro atoms. The van der Waals surface area contributed by atoms with E-state index in [-0.39, 0.29) is 36.7 Å². The van der Waals surface area contributed by atoms with Gasteiger partial charge in [0.05, 0.1) is 36.2 Å². The van der Waals surface area contributed by atoms with E-state index in [2.05, 4.69) is 5.32 Å². The predicted molar refractivity (Wildman–Crippen MR) is 85.5 cm³/mol. The Hall–Kier alpha value is -2.61. The summed E-state index contributed by atoms with van der Waals surface area (Å²) in [6.45, 7) is 1.79. The summed E-state index contributed by atoms with van der Waals surface area (Å²) >= 11 is 0. The molecule has 1 aliphatic rings. The van der Waals surface area contributed by atoms with Gasteiger partial charge < -0.3 is 25.8 Å². The number of hydrogen-bond acceptors (Lipinski definition) is 5. The van der Waals surface area contributed by atoms with Crippen LogP contribution in [0.1, 0.15) is 30.1 Å². The van der Waals surface area contributed by atoms with Crippen molar-refractivity contribution in [1.82, 2.24) is 0 Å². The first kappa shape index (κ1) is 16.8. The molecule has 2 rings (SSSR count). The van der Waals surface area contributed by atoms with Crippen molar-refractivity contribution in [1.29, 1.82) is 5.41 Å². The fourth-order valence-corrected chi connectivity index (χ4v) is 2.58. The second-order valence-corrected chi connectivity index (χ2v) is 5.13. The third-order valence-electron chi connectivity index (χ3n) is 3.57. The molecule has 1 unspecified atom stereocenters. The molecule has 8 heteroatoms. The van der Waals surface area contributed by atoms with Gasteiger partial charge in [0.2, 0.25) is 5.91 Å². The van der Waals surface area contributed by atoms with Crippen LogP contribution in [0.4, 0.5) is 11.4 Å². The highest BCUT2D eigenvalue weighted by atomic mass is 16.5. The lowest BCUT2D eigenvalue weighted by atomic mass is 10.1. The maximum Gasteiger partial charge on any atom is 0.338 e. The molecule has 23 heavy (non-hydrogen) atoms. The summed E-state index contributed by atoms with van der Waals surface area (Å²) in [5.74, 6) is -0.948. The summed E-state index contributed by atoms with van der Waals surface area (Å²) in [5, 5.41) is 19.5. The number of aliphatic hydroxyl groups excluding tert-OH is 1. The molecule has 1 fully saturated rings. The molecule has 1 aliphatic heterocycles. The van der Waals surface area contributed by atoms with Crippen LogP contribution in [0, 0.1) is 5.41 Å². The number of ether oxygens (including phenoxy) is 1. The third-order valence-corrected chi connectivity index (χ3v) is 3.57. The van der Waals surface area contributed by atoms with Crippen LogP contribution in [-0.2, 0) is 9.53 Å². The minimum atomic E-state index is -0.503. The Kier molecular flexibility index (Phi) is 5.17. The quantitative estimate of drug-likeness (QED) is 0.358. The Morgan fingerprint density at radius 2 is 2.30 bits per heavy atom. The summed E-state index contributed by atoms with van der Waals surface area (Å²) in [7, 11) is 0. The van der Waals surface area contributed by atoms with Crippen molar-refractivity contribution in [3.8, 4) is 0 Å². The molecule has 1 aromatic carbocycles. The van der Waals surface area contributed by atoms with Gasteiger partial charge in [-0.15, -0.1) is 0 Å². The van der Waals surface area contributed by atoms with Gasteiger partial charge in [0.1, 0.15) is 0 Å². The minimum absolute atomic E-state index is 0.125. The maximum atomic E-state index is 12.1. The molecule has 8 nitrogen and oxygen atoms in total. The third kappa shape index (κ3) is 3.59. The van der Waals surface area contributed by atoms with E-state index in [1.165, 1.54) is 11.0 Å². The molecule has 0 saturated carbocycles. The number of carbonyl (C=O) groups is 2. The van der Waals surface area contributed by atoms with Gasteiger partial charge in [-0.2, -0.15) is 0 Å². The van der Waals surface area contributed by atoms with E-state index in [1.54, 1.807) is 19.1 Å². The molecular weight excluding hydrogens is 300 g/mol. The van der Waals surface area contributed by atoms with Crippen LogP contribution in [0.25, 0.3) is 0 Å². The van der Waals surface area contributed by atoms with Gasteiger partial charge in [-0.05, 0) is 31.5 Å². The molecular formula is C15H20N4O4. The van der Waals surface area contributed by atoms with Gasteiger partial charge in [0.15, 0.2) is 5.96 Å². The standard InChI is InChI=1S/C15H20N4O4/c1-2-23-14(22)9-3-5-12(11(7-9)18-15(16)17)19-10(8-20)4-6-13(19)21/h3,5,7,10,20H,2,4,6,8H2,1H3,(H4,16,17,18). The summed E-state index contributed by atoms with van der Waals surface area (Å²) in [6, 6.07) is 4.28. The highest BCUT2D eigenvalue weighted by molar-refractivity contribution is 6.04. The molecule has 0 radical (unpaired) electrons. The lowest BCUT2D eigenvalue weighted by molar-refractivity contribution is -0.117. The monoisotopic (exact) mass is 320 g/mol. The molecule has 0 bridgehead atoms. The van der Waals surface area contributed by atoms with Crippen LogP contribution < -0.4 is 16.0 Å². The zero-order valence-corrected chi connectivity index (χ0v) is 12.8. The predicted octanol–water partition coefficient (Wildman–Crippen LogP) is 0.656. The van der Waals surface area contributed by atoms with Gasteiger partial charge in [-0.3, -0.25) is 10.2 Å².